The summed E-state index contributed by atoms with van der Waals surface area (Å²) in [6.07, 6.45) is 1.73. The van der Waals surface area contributed by atoms with Gasteiger partial charge in [0.05, 0.1) is 18.2 Å². The van der Waals surface area contributed by atoms with Crippen LogP contribution in [-0.2, 0) is 11.3 Å². The molecule has 0 bridgehead atoms. The van der Waals surface area contributed by atoms with E-state index in [1.54, 1.807) is 6.20 Å². The van der Waals surface area contributed by atoms with Gasteiger partial charge in [-0.05, 0) is 24.1 Å². The van der Waals surface area contributed by atoms with Crippen molar-refractivity contribution < 1.29 is 4.79 Å². The minimum absolute atomic E-state index is 0.0660. The van der Waals surface area contributed by atoms with E-state index in [1.165, 1.54) is 0 Å². The average Bonchev–Trinajstić information content (AvgIpc) is 2.48. The molecule has 0 saturated heterocycles. The molecule has 1 atom stereocenters. The summed E-state index contributed by atoms with van der Waals surface area (Å²) < 4.78 is 0. The third-order valence-corrected chi connectivity index (χ3v) is 3.30. The number of aryl methyl sites for hydroxylation is 1. The van der Waals surface area contributed by atoms with Crippen LogP contribution in [0, 0.1) is 6.92 Å². The summed E-state index contributed by atoms with van der Waals surface area (Å²) >= 11 is 0. The zero-order chi connectivity index (χ0) is 14.4. The van der Waals surface area contributed by atoms with Gasteiger partial charge in [0.1, 0.15) is 0 Å². The summed E-state index contributed by atoms with van der Waals surface area (Å²) in [6, 6.07) is 13.4. The molecule has 0 aliphatic carbocycles. The van der Waals surface area contributed by atoms with Gasteiger partial charge >= 0.3 is 0 Å². The van der Waals surface area contributed by atoms with Crippen molar-refractivity contribution in [2.75, 3.05) is 6.54 Å². The Labute approximate surface area is 119 Å². The number of carbonyl (C=O) groups excluding carboxylic acids is 1. The van der Waals surface area contributed by atoms with Crippen LogP contribution >= 0.6 is 0 Å². The van der Waals surface area contributed by atoms with Crippen LogP contribution < -0.4 is 11.1 Å². The van der Waals surface area contributed by atoms with Crippen LogP contribution in [0.2, 0.25) is 0 Å². The first-order chi connectivity index (χ1) is 9.72. The number of nitrogens with zero attached hydrogens (tertiary/aromatic N) is 1. The molecule has 1 aromatic carbocycles. The molecule has 4 nitrogen and oxygen atoms in total. The Bertz CT molecular complexity index is 569. The quantitative estimate of drug-likeness (QED) is 0.869. The van der Waals surface area contributed by atoms with Crippen LogP contribution in [0.1, 0.15) is 22.7 Å². The van der Waals surface area contributed by atoms with E-state index in [0.717, 1.165) is 16.8 Å². The largest absolute Gasteiger partial charge is 0.350 e. The molecular weight excluding hydrogens is 250 g/mol. The van der Waals surface area contributed by atoms with Gasteiger partial charge in [0.2, 0.25) is 5.91 Å². The minimum Gasteiger partial charge on any atom is -0.350 e. The molecule has 1 heterocycles. The lowest BCUT2D eigenvalue weighted by molar-refractivity contribution is -0.122. The summed E-state index contributed by atoms with van der Waals surface area (Å²) in [5, 5.41) is 2.91. The van der Waals surface area contributed by atoms with Gasteiger partial charge in [-0.3, -0.25) is 9.78 Å². The second-order valence-corrected chi connectivity index (χ2v) is 4.68. The molecule has 0 aliphatic rings. The molecular formula is C16H19N3O. The summed E-state index contributed by atoms with van der Waals surface area (Å²) in [5.74, 6) is -0.385. The van der Waals surface area contributed by atoms with Crippen molar-refractivity contribution in [2.24, 2.45) is 5.73 Å². The summed E-state index contributed by atoms with van der Waals surface area (Å²) in [4.78, 5) is 16.5. The smallest absolute Gasteiger partial charge is 0.229 e. The zero-order valence-corrected chi connectivity index (χ0v) is 11.5. The predicted molar refractivity (Wildman–Crippen MR) is 79.1 cm³/mol. The Morgan fingerprint density at radius 1 is 1.25 bits per heavy atom. The Morgan fingerprint density at radius 3 is 2.65 bits per heavy atom. The summed E-state index contributed by atoms with van der Waals surface area (Å²) in [7, 11) is 0. The van der Waals surface area contributed by atoms with Gasteiger partial charge in [0.15, 0.2) is 0 Å². The molecule has 2 rings (SSSR count). The first-order valence-electron chi connectivity index (χ1n) is 6.65. The predicted octanol–water partition coefficient (Wildman–Crippen LogP) is 1.75. The molecule has 1 aromatic heterocycles. The van der Waals surface area contributed by atoms with E-state index < -0.39 is 0 Å². The molecule has 0 aliphatic heterocycles. The van der Waals surface area contributed by atoms with E-state index in [-0.39, 0.29) is 18.4 Å². The van der Waals surface area contributed by atoms with E-state index >= 15 is 0 Å². The van der Waals surface area contributed by atoms with Crippen molar-refractivity contribution in [3.8, 4) is 0 Å². The Hall–Kier alpha value is -2.20. The lowest BCUT2D eigenvalue weighted by Gasteiger charge is -2.15. The maximum absolute atomic E-state index is 12.2. The monoisotopic (exact) mass is 269 g/mol. The fraction of sp³-hybridized carbons (Fsp3) is 0.250. The average molecular weight is 269 g/mol. The normalized spacial score (nSPS) is 11.9. The van der Waals surface area contributed by atoms with E-state index in [1.807, 2.05) is 49.4 Å². The molecule has 0 saturated carbocycles. The van der Waals surface area contributed by atoms with Crippen molar-refractivity contribution in [3.63, 3.8) is 0 Å². The van der Waals surface area contributed by atoms with Crippen LogP contribution in [0.5, 0.6) is 0 Å². The van der Waals surface area contributed by atoms with Crippen LogP contribution in [0.25, 0.3) is 0 Å². The molecule has 0 fully saturated rings. The molecule has 4 heteroatoms. The van der Waals surface area contributed by atoms with Crippen LogP contribution in [0.3, 0.4) is 0 Å². The second kappa shape index (κ2) is 6.82. The summed E-state index contributed by atoms with van der Waals surface area (Å²) in [6.45, 7) is 2.69. The van der Waals surface area contributed by atoms with Crippen molar-refractivity contribution in [3.05, 3.63) is 65.5 Å². The number of carbonyl (C=O) groups is 1. The maximum Gasteiger partial charge on any atom is 0.229 e. The Balaban J connectivity index is 2.02. The number of benzene rings is 1. The third kappa shape index (κ3) is 3.42. The van der Waals surface area contributed by atoms with Crippen molar-refractivity contribution in [1.29, 1.82) is 0 Å². The van der Waals surface area contributed by atoms with E-state index in [9.17, 15) is 4.79 Å². The number of nitrogens with two attached hydrogens (primary N) is 1. The molecule has 20 heavy (non-hydrogen) atoms. The van der Waals surface area contributed by atoms with Gasteiger partial charge in [-0.25, -0.2) is 0 Å². The Kier molecular flexibility index (Phi) is 4.85. The standard InChI is InChI=1S/C16H19N3O/c1-12-6-5-9-18-15(12)11-19-16(20)14(10-17)13-7-3-2-4-8-13/h2-9,14H,10-11,17H2,1H3,(H,19,20). The van der Waals surface area contributed by atoms with Gasteiger partial charge in [-0.2, -0.15) is 0 Å². The van der Waals surface area contributed by atoms with E-state index in [0.29, 0.717) is 6.54 Å². The van der Waals surface area contributed by atoms with Gasteiger partial charge in [-0.15, -0.1) is 0 Å². The zero-order valence-electron chi connectivity index (χ0n) is 11.5. The highest BCUT2D eigenvalue weighted by Gasteiger charge is 2.18. The first kappa shape index (κ1) is 14.2. The second-order valence-electron chi connectivity index (χ2n) is 4.68. The van der Waals surface area contributed by atoms with Crippen molar-refractivity contribution in [2.45, 2.75) is 19.4 Å². The van der Waals surface area contributed by atoms with Gasteiger partial charge in [0.25, 0.3) is 0 Å². The molecule has 2 aromatic rings. The number of pyridine rings is 1. The Morgan fingerprint density at radius 2 is 2.00 bits per heavy atom. The highest BCUT2D eigenvalue weighted by molar-refractivity contribution is 5.83. The number of rotatable bonds is 5. The topological polar surface area (TPSA) is 68.0 Å². The highest BCUT2D eigenvalue weighted by Crippen LogP contribution is 2.14. The first-order valence-corrected chi connectivity index (χ1v) is 6.65. The summed E-state index contributed by atoms with van der Waals surface area (Å²) in [5.41, 5.74) is 8.61. The van der Waals surface area contributed by atoms with Crippen molar-refractivity contribution >= 4 is 5.91 Å². The highest BCUT2D eigenvalue weighted by atomic mass is 16.1. The maximum atomic E-state index is 12.2. The SMILES string of the molecule is Cc1cccnc1CNC(=O)C(CN)c1ccccc1. The van der Waals surface area contributed by atoms with Crippen molar-refractivity contribution in [1.82, 2.24) is 10.3 Å². The van der Waals surface area contributed by atoms with Crippen LogP contribution in [0.4, 0.5) is 0 Å². The fourth-order valence-corrected chi connectivity index (χ4v) is 2.08. The lowest BCUT2D eigenvalue weighted by Crippen LogP contribution is -2.33. The van der Waals surface area contributed by atoms with Gasteiger partial charge < -0.3 is 11.1 Å². The molecule has 3 N–H and O–H groups in total. The number of nitrogens with one attached hydrogen (secondary N) is 1. The number of amides is 1. The molecule has 0 spiro atoms. The van der Waals surface area contributed by atoms with Gasteiger partial charge in [0, 0.05) is 12.7 Å². The third-order valence-electron chi connectivity index (χ3n) is 3.30. The molecule has 0 radical (unpaired) electrons. The fourth-order valence-electron chi connectivity index (χ4n) is 2.08. The number of aromatic nitrogens is 1. The van der Waals surface area contributed by atoms with Crippen LogP contribution in [-0.4, -0.2) is 17.4 Å². The molecule has 1 unspecified atom stereocenters. The molecule has 104 valence electrons. The van der Waals surface area contributed by atoms with Gasteiger partial charge in [-0.1, -0.05) is 36.4 Å². The van der Waals surface area contributed by atoms with E-state index in [4.69, 9.17) is 5.73 Å². The number of hydrogen-bond donors (Lipinski definition) is 2. The lowest BCUT2D eigenvalue weighted by atomic mass is 9.98. The van der Waals surface area contributed by atoms with Crippen LogP contribution in [0.15, 0.2) is 48.7 Å². The number of hydrogen-bond acceptors (Lipinski definition) is 3. The van der Waals surface area contributed by atoms with E-state index in [2.05, 4.69) is 10.3 Å². The minimum atomic E-state index is -0.319. The molecule has 1 amide bonds.